The summed E-state index contributed by atoms with van der Waals surface area (Å²) in [6, 6.07) is 13.3. The number of carbonyl (C=O) groups is 1. The lowest BCUT2D eigenvalue weighted by Gasteiger charge is -2.16. The fourth-order valence-electron chi connectivity index (χ4n) is 2.33. The molecule has 0 bridgehead atoms. The summed E-state index contributed by atoms with van der Waals surface area (Å²) in [5.41, 5.74) is 0.808. The minimum absolute atomic E-state index is 0.0377. The Morgan fingerprint density at radius 3 is 2.63 bits per heavy atom. The van der Waals surface area contributed by atoms with Gasteiger partial charge in [0, 0.05) is 17.1 Å². The van der Waals surface area contributed by atoms with E-state index in [1.54, 1.807) is 26.2 Å². The van der Waals surface area contributed by atoms with E-state index in [1.165, 1.54) is 12.1 Å². The highest BCUT2D eigenvalue weighted by atomic mass is 32.1. The highest BCUT2D eigenvalue weighted by Crippen LogP contribution is 2.24. The van der Waals surface area contributed by atoms with Crippen LogP contribution in [0.15, 0.2) is 48.5 Å². The van der Waals surface area contributed by atoms with E-state index in [9.17, 15) is 9.18 Å². The Morgan fingerprint density at radius 2 is 1.96 bits per heavy atom. The van der Waals surface area contributed by atoms with E-state index < -0.39 is 17.8 Å². The number of nitrogens with one attached hydrogen (secondary N) is 1. The SMILES string of the molecule is CC[C@H](Oc1ccccc1F)C(=O)Nc1nc(-c2ccc(OC)cc2)ns1. The van der Waals surface area contributed by atoms with Crippen LogP contribution in [0.5, 0.6) is 11.5 Å². The highest BCUT2D eigenvalue weighted by Gasteiger charge is 2.21. The van der Waals surface area contributed by atoms with Gasteiger partial charge in [-0.05, 0) is 42.8 Å². The lowest BCUT2D eigenvalue weighted by molar-refractivity contribution is -0.122. The van der Waals surface area contributed by atoms with Gasteiger partial charge in [-0.1, -0.05) is 19.1 Å². The van der Waals surface area contributed by atoms with Crippen LogP contribution in [0.1, 0.15) is 13.3 Å². The average molecular weight is 387 g/mol. The van der Waals surface area contributed by atoms with E-state index >= 15 is 0 Å². The molecule has 0 unspecified atom stereocenters. The molecule has 1 atom stereocenters. The first-order valence-corrected chi connectivity index (χ1v) is 9.08. The lowest BCUT2D eigenvalue weighted by Crippen LogP contribution is -2.32. The van der Waals surface area contributed by atoms with E-state index in [2.05, 4.69) is 14.7 Å². The molecule has 1 aromatic heterocycles. The molecule has 0 saturated carbocycles. The zero-order chi connectivity index (χ0) is 19.2. The summed E-state index contributed by atoms with van der Waals surface area (Å²) in [7, 11) is 1.59. The zero-order valence-electron chi connectivity index (χ0n) is 14.8. The summed E-state index contributed by atoms with van der Waals surface area (Å²) in [5, 5.41) is 3.03. The summed E-state index contributed by atoms with van der Waals surface area (Å²) in [6.07, 6.45) is -0.458. The number of anilines is 1. The molecular formula is C19H18FN3O3S. The Bertz CT molecular complexity index is 915. The number of carbonyl (C=O) groups excluding carboxylic acids is 1. The smallest absolute Gasteiger partial charge is 0.267 e. The van der Waals surface area contributed by atoms with Crippen LogP contribution in [0.2, 0.25) is 0 Å². The first kappa shape index (κ1) is 18.8. The maximum atomic E-state index is 13.7. The zero-order valence-corrected chi connectivity index (χ0v) is 15.6. The Hall–Kier alpha value is -3.00. The minimum Gasteiger partial charge on any atom is -0.497 e. The third-order valence-corrected chi connectivity index (χ3v) is 4.40. The number of halogens is 1. The van der Waals surface area contributed by atoms with Crippen molar-refractivity contribution in [2.24, 2.45) is 0 Å². The molecule has 0 aliphatic rings. The van der Waals surface area contributed by atoms with E-state index in [-0.39, 0.29) is 5.75 Å². The highest BCUT2D eigenvalue weighted by molar-refractivity contribution is 7.10. The Morgan fingerprint density at radius 1 is 1.22 bits per heavy atom. The number of hydrogen-bond donors (Lipinski definition) is 1. The molecule has 0 fully saturated rings. The summed E-state index contributed by atoms with van der Waals surface area (Å²) < 4.78 is 28.6. The standard InChI is InChI=1S/C19H18FN3O3S/c1-3-15(26-16-7-5-4-6-14(16)20)18(24)22-19-21-17(23-27-19)12-8-10-13(25-2)11-9-12/h4-11,15H,3H2,1-2H3,(H,21,22,23,24)/t15-/m0/s1. The topological polar surface area (TPSA) is 73.3 Å². The molecular weight excluding hydrogens is 369 g/mol. The summed E-state index contributed by atoms with van der Waals surface area (Å²) in [4.78, 5) is 16.8. The average Bonchev–Trinajstić information content (AvgIpc) is 3.15. The van der Waals surface area contributed by atoms with Gasteiger partial charge in [0.1, 0.15) is 5.75 Å². The van der Waals surface area contributed by atoms with Crippen LogP contribution in [-0.2, 0) is 4.79 Å². The van der Waals surface area contributed by atoms with Gasteiger partial charge in [-0.25, -0.2) is 4.39 Å². The molecule has 1 N–H and O–H groups in total. The van der Waals surface area contributed by atoms with Gasteiger partial charge in [-0.3, -0.25) is 10.1 Å². The number of methoxy groups -OCH3 is 1. The molecule has 0 spiro atoms. The number of nitrogens with zero attached hydrogens (tertiary/aromatic N) is 2. The molecule has 6 nitrogen and oxygen atoms in total. The number of benzene rings is 2. The molecule has 0 aliphatic heterocycles. The maximum Gasteiger partial charge on any atom is 0.267 e. The number of ether oxygens (including phenoxy) is 2. The molecule has 8 heteroatoms. The first-order chi connectivity index (χ1) is 13.1. The molecule has 27 heavy (non-hydrogen) atoms. The Labute approximate surface area is 160 Å². The second-order valence-corrected chi connectivity index (χ2v) is 6.34. The van der Waals surface area contributed by atoms with Crippen molar-refractivity contribution in [3.63, 3.8) is 0 Å². The van der Waals surface area contributed by atoms with Crippen molar-refractivity contribution in [3.8, 4) is 22.9 Å². The summed E-state index contributed by atoms with van der Waals surface area (Å²) in [6.45, 7) is 1.79. The van der Waals surface area contributed by atoms with Gasteiger partial charge in [0.25, 0.3) is 5.91 Å². The number of aromatic nitrogens is 2. The second-order valence-electron chi connectivity index (χ2n) is 5.59. The van der Waals surface area contributed by atoms with Crippen LogP contribution >= 0.6 is 11.5 Å². The number of para-hydroxylation sites is 1. The fraction of sp³-hybridized carbons (Fsp3) is 0.211. The largest absolute Gasteiger partial charge is 0.497 e. The van der Waals surface area contributed by atoms with E-state index in [1.807, 2.05) is 24.3 Å². The van der Waals surface area contributed by atoms with Gasteiger partial charge < -0.3 is 9.47 Å². The monoisotopic (exact) mass is 387 g/mol. The molecule has 1 heterocycles. The molecule has 2 aromatic carbocycles. The molecule has 0 saturated heterocycles. The van der Waals surface area contributed by atoms with Gasteiger partial charge in [-0.15, -0.1) is 0 Å². The van der Waals surface area contributed by atoms with Crippen LogP contribution in [0.3, 0.4) is 0 Å². The number of hydrogen-bond acceptors (Lipinski definition) is 6. The van der Waals surface area contributed by atoms with Crippen LogP contribution < -0.4 is 14.8 Å². The van der Waals surface area contributed by atoms with Crippen molar-refractivity contribution in [3.05, 3.63) is 54.3 Å². The predicted octanol–water partition coefficient (Wildman–Crippen LogP) is 4.15. The van der Waals surface area contributed by atoms with Crippen molar-refractivity contribution in [1.29, 1.82) is 0 Å². The predicted molar refractivity (Wildman–Crippen MR) is 102 cm³/mol. The normalized spacial score (nSPS) is 11.7. The van der Waals surface area contributed by atoms with Crippen molar-refractivity contribution < 1.29 is 18.7 Å². The third-order valence-electron chi connectivity index (χ3n) is 3.77. The second kappa shape index (κ2) is 8.59. The quantitative estimate of drug-likeness (QED) is 0.659. The van der Waals surface area contributed by atoms with E-state index in [0.717, 1.165) is 22.8 Å². The van der Waals surface area contributed by atoms with Crippen LogP contribution in [-0.4, -0.2) is 28.5 Å². The number of rotatable bonds is 7. The summed E-state index contributed by atoms with van der Waals surface area (Å²) >= 11 is 1.07. The van der Waals surface area contributed by atoms with Crippen LogP contribution in [0.4, 0.5) is 9.52 Å². The number of amides is 1. The van der Waals surface area contributed by atoms with Crippen molar-refractivity contribution in [2.75, 3.05) is 12.4 Å². The lowest BCUT2D eigenvalue weighted by atomic mass is 10.2. The molecule has 3 aromatic rings. The molecule has 0 aliphatic carbocycles. The van der Waals surface area contributed by atoms with Gasteiger partial charge in [0.15, 0.2) is 23.5 Å². The van der Waals surface area contributed by atoms with E-state index in [0.29, 0.717) is 17.4 Å². The van der Waals surface area contributed by atoms with Gasteiger partial charge in [0.2, 0.25) is 5.13 Å². The van der Waals surface area contributed by atoms with E-state index in [4.69, 9.17) is 9.47 Å². The maximum absolute atomic E-state index is 13.7. The Kier molecular flexibility index (Phi) is 5.97. The molecule has 0 radical (unpaired) electrons. The van der Waals surface area contributed by atoms with Gasteiger partial charge >= 0.3 is 0 Å². The Balaban J connectivity index is 1.67. The summed E-state index contributed by atoms with van der Waals surface area (Å²) in [5.74, 6) is 0.356. The first-order valence-electron chi connectivity index (χ1n) is 8.31. The third kappa shape index (κ3) is 4.59. The van der Waals surface area contributed by atoms with Gasteiger partial charge in [0.05, 0.1) is 7.11 Å². The van der Waals surface area contributed by atoms with Crippen molar-refractivity contribution in [2.45, 2.75) is 19.4 Å². The van der Waals surface area contributed by atoms with Crippen molar-refractivity contribution in [1.82, 2.24) is 9.36 Å². The molecule has 1 amide bonds. The van der Waals surface area contributed by atoms with Gasteiger partial charge in [-0.2, -0.15) is 9.36 Å². The van der Waals surface area contributed by atoms with Crippen LogP contribution in [0.25, 0.3) is 11.4 Å². The van der Waals surface area contributed by atoms with Crippen molar-refractivity contribution >= 4 is 22.6 Å². The fourth-order valence-corrected chi connectivity index (χ4v) is 2.93. The molecule has 3 rings (SSSR count). The minimum atomic E-state index is -0.838. The van der Waals surface area contributed by atoms with Crippen LogP contribution in [0, 0.1) is 5.82 Å². The molecule has 140 valence electrons.